The number of thiazole rings is 1. The fourth-order valence-corrected chi connectivity index (χ4v) is 4.94. The van der Waals surface area contributed by atoms with Crippen LogP contribution in [0.5, 0.6) is 0 Å². The molecule has 4 rings (SSSR count). The highest BCUT2D eigenvalue weighted by Gasteiger charge is 2.26. The maximum atomic E-state index is 12.2. The number of nitrogens with one attached hydrogen (secondary N) is 4. The number of rotatable bonds is 4. The molecule has 5 N–H and O–H groups in total. The molecule has 9 nitrogen and oxygen atoms in total. The van der Waals surface area contributed by atoms with Gasteiger partial charge in [-0.3, -0.25) is 10.4 Å². The van der Waals surface area contributed by atoms with Crippen LogP contribution in [-0.2, 0) is 4.79 Å². The molecule has 12 heteroatoms. The van der Waals surface area contributed by atoms with Crippen LogP contribution in [0.3, 0.4) is 0 Å². The average Bonchev–Trinajstić information content (AvgIpc) is 3.40. The summed E-state index contributed by atoms with van der Waals surface area (Å²) in [5.41, 5.74) is 7.22. The van der Waals surface area contributed by atoms with Crippen LogP contribution >= 0.6 is 35.3 Å². The average molecular weight is 473 g/mol. The van der Waals surface area contributed by atoms with Crippen molar-refractivity contribution in [2.45, 2.75) is 6.04 Å². The molecule has 0 spiro atoms. The van der Waals surface area contributed by atoms with Gasteiger partial charge in [0.1, 0.15) is 10.1 Å². The number of aliphatic carboxylic acids is 1. The van der Waals surface area contributed by atoms with Gasteiger partial charge in [0.2, 0.25) is 0 Å². The summed E-state index contributed by atoms with van der Waals surface area (Å²) >= 11 is 7.92. The van der Waals surface area contributed by atoms with E-state index in [0.717, 1.165) is 15.9 Å². The number of fused-ring (bicyclic) bond motifs is 1. The minimum atomic E-state index is -0.937. The molecule has 0 saturated carbocycles. The molecular formula is C19H16N6O3S3. The van der Waals surface area contributed by atoms with Crippen molar-refractivity contribution in [3.05, 3.63) is 53.5 Å². The molecule has 0 aliphatic carbocycles. The lowest BCUT2D eigenvalue weighted by atomic mass is 10.3. The molecule has 1 aliphatic rings. The Balaban J connectivity index is 1.35. The number of aromatic nitrogens is 1. The molecule has 158 valence electrons. The van der Waals surface area contributed by atoms with Crippen molar-refractivity contribution in [1.29, 1.82) is 0 Å². The summed E-state index contributed by atoms with van der Waals surface area (Å²) in [7, 11) is 0. The quantitative estimate of drug-likeness (QED) is 0.289. The fourth-order valence-electron chi connectivity index (χ4n) is 2.67. The second-order valence-corrected chi connectivity index (χ2v) is 8.77. The van der Waals surface area contributed by atoms with Crippen molar-refractivity contribution >= 4 is 79.1 Å². The summed E-state index contributed by atoms with van der Waals surface area (Å²) in [5, 5.41) is 16.3. The normalized spacial score (nSPS) is 15.2. The summed E-state index contributed by atoms with van der Waals surface area (Å²) in [4.78, 5) is 32.0. The highest BCUT2D eigenvalue weighted by Crippen LogP contribution is 2.31. The van der Waals surface area contributed by atoms with Crippen molar-refractivity contribution in [3.63, 3.8) is 0 Å². The Labute approximate surface area is 190 Å². The summed E-state index contributed by atoms with van der Waals surface area (Å²) in [6.07, 6.45) is 0. The molecule has 0 fully saturated rings. The summed E-state index contributed by atoms with van der Waals surface area (Å²) in [6.45, 7) is 0. The lowest BCUT2D eigenvalue weighted by Gasteiger charge is -2.12. The van der Waals surface area contributed by atoms with E-state index in [1.807, 2.05) is 30.3 Å². The van der Waals surface area contributed by atoms with Crippen molar-refractivity contribution in [1.82, 2.24) is 15.8 Å². The molecular weight excluding hydrogens is 456 g/mol. The zero-order valence-corrected chi connectivity index (χ0v) is 18.2. The van der Waals surface area contributed by atoms with Gasteiger partial charge in [-0.15, -0.1) is 23.1 Å². The number of carboxylic acids is 1. The molecule has 1 atom stereocenters. The van der Waals surface area contributed by atoms with Crippen LogP contribution in [0.15, 0.2) is 53.5 Å². The lowest BCUT2D eigenvalue weighted by molar-refractivity contribution is -0.137. The van der Waals surface area contributed by atoms with Gasteiger partial charge in [-0.25, -0.2) is 20.0 Å². The number of carbonyl (C=O) groups is 2. The number of thioether (sulfide) groups is 1. The monoisotopic (exact) mass is 472 g/mol. The van der Waals surface area contributed by atoms with Gasteiger partial charge in [0, 0.05) is 17.1 Å². The van der Waals surface area contributed by atoms with E-state index in [0.29, 0.717) is 21.5 Å². The second-order valence-electron chi connectivity index (χ2n) is 6.33. The van der Waals surface area contributed by atoms with E-state index < -0.39 is 18.0 Å². The van der Waals surface area contributed by atoms with Gasteiger partial charge >= 0.3 is 12.0 Å². The van der Waals surface area contributed by atoms with Crippen molar-refractivity contribution < 1.29 is 14.7 Å². The Morgan fingerprint density at radius 3 is 2.61 bits per heavy atom. The first kappa shape index (κ1) is 21.0. The van der Waals surface area contributed by atoms with E-state index in [1.54, 1.807) is 18.2 Å². The van der Waals surface area contributed by atoms with Gasteiger partial charge in [-0.1, -0.05) is 18.2 Å². The second kappa shape index (κ2) is 9.29. The summed E-state index contributed by atoms with van der Waals surface area (Å²) < 4.78 is 0.851. The number of nitrogens with zero attached hydrogens (tertiary/aromatic N) is 2. The number of aliphatic imine (C=N–C) groups is 1. The number of benzene rings is 2. The smallest absolute Gasteiger partial charge is 0.337 e. The number of anilines is 2. The molecule has 0 bridgehead atoms. The third kappa shape index (κ3) is 5.29. The van der Waals surface area contributed by atoms with Gasteiger partial charge in [0.25, 0.3) is 0 Å². The molecule has 0 unspecified atom stereocenters. The van der Waals surface area contributed by atoms with Crippen molar-refractivity contribution in [3.8, 4) is 0 Å². The Bertz CT molecular complexity index is 1180. The van der Waals surface area contributed by atoms with Gasteiger partial charge < -0.3 is 15.7 Å². The first-order chi connectivity index (χ1) is 15.0. The molecule has 31 heavy (non-hydrogen) atoms. The number of urea groups is 1. The number of hydrogen-bond acceptors (Lipinski definition) is 7. The first-order valence-corrected chi connectivity index (χ1v) is 11.2. The van der Waals surface area contributed by atoms with Gasteiger partial charge in [-0.05, 0) is 42.5 Å². The minimum absolute atomic E-state index is 0.249. The van der Waals surface area contributed by atoms with E-state index in [4.69, 9.17) is 17.3 Å². The molecule has 0 saturated heterocycles. The number of hydrazine groups is 1. The van der Waals surface area contributed by atoms with E-state index in [9.17, 15) is 9.59 Å². The number of carbonyl (C=O) groups excluding carboxylic acids is 1. The molecule has 2 aromatic carbocycles. The maximum Gasteiger partial charge on any atom is 0.337 e. The fraction of sp³-hybridized carbons (Fsp3) is 0.105. The van der Waals surface area contributed by atoms with Crippen LogP contribution in [0.4, 0.5) is 16.2 Å². The molecule has 0 radical (unpaired) electrons. The number of hydrogen-bond donors (Lipinski definition) is 5. The van der Waals surface area contributed by atoms with E-state index in [1.165, 1.54) is 23.1 Å². The Kier molecular flexibility index (Phi) is 6.30. The number of thiocarbonyl (C=S) groups is 1. The Morgan fingerprint density at radius 1 is 1.06 bits per heavy atom. The third-order valence-electron chi connectivity index (χ3n) is 4.09. The predicted octanol–water partition coefficient (Wildman–Crippen LogP) is 3.27. The Hall–Kier alpha value is -3.22. The molecule has 1 aliphatic heterocycles. The third-order valence-corrected chi connectivity index (χ3v) is 6.50. The highest BCUT2D eigenvalue weighted by atomic mass is 32.2. The molecule has 2 heterocycles. The predicted molar refractivity (Wildman–Crippen MR) is 128 cm³/mol. The topological polar surface area (TPSA) is 128 Å². The van der Waals surface area contributed by atoms with E-state index in [2.05, 4.69) is 31.5 Å². The van der Waals surface area contributed by atoms with Crippen LogP contribution in [0.1, 0.15) is 5.01 Å². The zero-order valence-electron chi connectivity index (χ0n) is 15.8. The van der Waals surface area contributed by atoms with Crippen LogP contribution < -0.4 is 21.5 Å². The number of carboxylic acid groups (broad SMARTS) is 1. The maximum absolute atomic E-state index is 12.2. The van der Waals surface area contributed by atoms with Crippen molar-refractivity contribution in [2.24, 2.45) is 4.99 Å². The van der Waals surface area contributed by atoms with Gasteiger partial charge in [0.05, 0.1) is 10.2 Å². The molecule has 3 aromatic rings. The molecule has 1 aromatic heterocycles. The minimum Gasteiger partial charge on any atom is -0.480 e. The number of amides is 2. The summed E-state index contributed by atoms with van der Waals surface area (Å²) in [6, 6.07) is 13.4. The van der Waals surface area contributed by atoms with Crippen LogP contribution in [-0.4, -0.2) is 44.0 Å². The van der Waals surface area contributed by atoms with Gasteiger partial charge in [-0.2, -0.15) is 0 Å². The standard InChI is InChI=1S/C19H16N6O3S3/c26-17(27)13-9-30-15(23-13)16-22-12-7-6-11(8-14(12)31-16)20-18(28)24-25-19(29)21-10-4-2-1-3-5-10/h1-8,13H,9H2,(H,26,27)(H2,20,24,28)(H2,21,25,29)/t13-/m1/s1. The summed E-state index contributed by atoms with van der Waals surface area (Å²) in [5.74, 6) is -0.533. The number of para-hydroxylation sites is 1. The Morgan fingerprint density at radius 2 is 1.87 bits per heavy atom. The van der Waals surface area contributed by atoms with E-state index in [-0.39, 0.29) is 5.11 Å². The van der Waals surface area contributed by atoms with Gasteiger partial charge in [0.15, 0.2) is 11.2 Å². The van der Waals surface area contributed by atoms with E-state index >= 15 is 0 Å². The highest BCUT2D eigenvalue weighted by molar-refractivity contribution is 8.15. The lowest BCUT2D eigenvalue weighted by Crippen LogP contribution is -2.45. The SMILES string of the molecule is O=C(NNC(=S)Nc1ccccc1)Nc1ccc2nc(C3=N[C@@H](C(=O)O)CS3)sc2c1. The largest absolute Gasteiger partial charge is 0.480 e. The zero-order chi connectivity index (χ0) is 21.8. The van der Waals surface area contributed by atoms with Crippen molar-refractivity contribution in [2.75, 3.05) is 16.4 Å². The van der Waals surface area contributed by atoms with Crippen LogP contribution in [0.2, 0.25) is 0 Å². The molecule has 2 amide bonds. The van der Waals surface area contributed by atoms with Crippen LogP contribution in [0.25, 0.3) is 10.2 Å². The van der Waals surface area contributed by atoms with Crippen LogP contribution in [0, 0.1) is 0 Å². The first-order valence-electron chi connectivity index (χ1n) is 9.01.